The van der Waals surface area contributed by atoms with Crippen molar-refractivity contribution in [3.05, 3.63) is 87.9 Å². The molecule has 3 aromatic rings. The number of amides is 2. The van der Waals surface area contributed by atoms with E-state index in [0.29, 0.717) is 11.6 Å². The summed E-state index contributed by atoms with van der Waals surface area (Å²) >= 11 is 1.42. The van der Waals surface area contributed by atoms with Gasteiger partial charge in [-0.25, -0.2) is 18.0 Å². The first-order valence-electron chi connectivity index (χ1n) is 7.34. The van der Waals surface area contributed by atoms with Crippen LogP contribution in [0.5, 0.6) is 0 Å². The first-order chi connectivity index (χ1) is 12.0. The number of hydrogen-bond acceptors (Lipinski definition) is 2. The minimum Gasteiger partial charge on any atom is -0.326 e. The van der Waals surface area contributed by atoms with Gasteiger partial charge in [-0.2, -0.15) is 0 Å². The third-order valence-electron chi connectivity index (χ3n) is 3.49. The summed E-state index contributed by atoms with van der Waals surface area (Å²) in [6.45, 7) is 0. The number of carbonyl (C=O) groups is 1. The van der Waals surface area contributed by atoms with Gasteiger partial charge in [0.05, 0.1) is 11.7 Å². The van der Waals surface area contributed by atoms with Gasteiger partial charge in [0.25, 0.3) is 0 Å². The number of nitrogens with one attached hydrogen (secondary N) is 2. The molecule has 0 bridgehead atoms. The van der Waals surface area contributed by atoms with Crippen LogP contribution in [0.3, 0.4) is 0 Å². The third-order valence-corrected chi connectivity index (χ3v) is 4.42. The Bertz CT molecular complexity index is 867. The standard InChI is InChI=1S/C18H13F3N2OS/c19-12-5-3-11(4-6-12)17(16-2-1-9-25-16)23-18(24)22-15-8-7-13(20)10-14(15)21/h1-10,17H,(H2,22,23,24)/t17-/m0/s1. The smallest absolute Gasteiger partial charge is 0.320 e. The molecule has 0 saturated carbocycles. The van der Waals surface area contributed by atoms with Crippen LogP contribution < -0.4 is 10.6 Å². The molecule has 0 aliphatic carbocycles. The predicted molar refractivity (Wildman–Crippen MR) is 91.1 cm³/mol. The summed E-state index contributed by atoms with van der Waals surface area (Å²) < 4.78 is 39.8. The van der Waals surface area contributed by atoms with Gasteiger partial charge in [-0.05, 0) is 41.3 Å². The second-order valence-electron chi connectivity index (χ2n) is 5.22. The van der Waals surface area contributed by atoms with E-state index >= 15 is 0 Å². The zero-order chi connectivity index (χ0) is 17.8. The first-order valence-corrected chi connectivity index (χ1v) is 8.22. The molecular weight excluding hydrogens is 349 g/mol. The van der Waals surface area contributed by atoms with Crippen molar-refractivity contribution < 1.29 is 18.0 Å². The molecule has 0 saturated heterocycles. The van der Waals surface area contributed by atoms with E-state index in [0.717, 1.165) is 17.0 Å². The average molecular weight is 362 g/mol. The van der Waals surface area contributed by atoms with Crippen LogP contribution in [-0.4, -0.2) is 6.03 Å². The molecule has 3 rings (SSSR count). The summed E-state index contributed by atoms with van der Waals surface area (Å²) in [7, 11) is 0. The Labute approximate surface area is 146 Å². The molecule has 0 unspecified atom stereocenters. The van der Waals surface area contributed by atoms with Crippen molar-refractivity contribution in [1.82, 2.24) is 5.32 Å². The van der Waals surface area contributed by atoms with E-state index in [-0.39, 0.29) is 11.5 Å². The molecule has 128 valence electrons. The van der Waals surface area contributed by atoms with E-state index in [9.17, 15) is 18.0 Å². The molecule has 0 fully saturated rings. The molecule has 1 atom stereocenters. The molecule has 0 aliphatic rings. The zero-order valence-electron chi connectivity index (χ0n) is 12.8. The number of halogens is 3. The quantitative estimate of drug-likeness (QED) is 0.668. The second-order valence-corrected chi connectivity index (χ2v) is 6.20. The highest BCUT2D eigenvalue weighted by atomic mass is 32.1. The van der Waals surface area contributed by atoms with Gasteiger partial charge >= 0.3 is 6.03 Å². The lowest BCUT2D eigenvalue weighted by atomic mass is 10.1. The molecule has 1 heterocycles. The van der Waals surface area contributed by atoms with Crippen LogP contribution >= 0.6 is 11.3 Å². The lowest BCUT2D eigenvalue weighted by Crippen LogP contribution is -2.33. The van der Waals surface area contributed by atoms with Crippen molar-refractivity contribution in [3.8, 4) is 0 Å². The van der Waals surface area contributed by atoms with Crippen LogP contribution in [0.25, 0.3) is 0 Å². The number of carbonyl (C=O) groups excluding carboxylic acids is 1. The SMILES string of the molecule is O=C(Nc1ccc(F)cc1F)N[C@@H](c1ccc(F)cc1)c1cccs1. The van der Waals surface area contributed by atoms with Gasteiger partial charge in [-0.1, -0.05) is 18.2 Å². The highest BCUT2D eigenvalue weighted by molar-refractivity contribution is 7.10. The van der Waals surface area contributed by atoms with E-state index in [4.69, 9.17) is 0 Å². The monoisotopic (exact) mass is 362 g/mol. The molecule has 0 radical (unpaired) electrons. The highest BCUT2D eigenvalue weighted by Crippen LogP contribution is 2.26. The lowest BCUT2D eigenvalue weighted by molar-refractivity contribution is 0.250. The number of thiophene rings is 1. The fourth-order valence-corrected chi connectivity index (χ4v) is 3.11. The van der Waals surface area contributed by atoms with Crippen molar-refractivity contribution in [3.63, 3.8) is 0 Å². The molecule has 7 heteroatoms. The molecule has 2 aromatic carbocycles. The average Bonchev–Trinajstić information content (AvgIpc) is 3.10. The largest absolute Gasteiger partial charge is 0.326 e. The molecule has 1 aromatic heterocycles. The molecule has 0 spiro atoms. The van der Waals surface area contributed by atoms with Gasteiger partial charge in [0.2, 0.25) is 0 Å². The summed E-state index contributed by atoms with van der Waals surface area (Å²) in [5, 5.41) is 6.93. The van der Waals surface area contributed by atoms with Crippen molar-refractivity contribution >= 4 is 23.1 Å². The molecule has 3 nitrogen and oxygen atoms in total. The number of urea groups is 1. The summed E-state index contributed by atoms with van der Waals surface area (Å²) in [6.07, 6.45) is 0. The molecule has 2 N–H and O–H groups in total. The number of benzene rings is 2. The van der Waals surface area contributed by atoms with Gasteiger partial charge < -0.3 is 10.6 Å². The number of hydrogen-bond donors (Lipinski definition) is 2. The Hall–Kier alpha value is -2.80. The van der Waals surface area contributed by atoms with Crippen LogP contribution in [0, 0.1) is 17.5 Å². The van der Waals surface area contributed by atoms with Crippen LogP contribution in [0.2, 0.25) is 0 Å². The Morgan fingerprint density at radius 2 is 1.68 bits per heavy atom. The van der Waals surface area contributed by atoms with Crippen LogP contribution in [0.15, 0.2) is 60.0 Å². The van der Waals surface area contributed by atoms with Crippen molar-refractivity contribution in [2.75, 3.05) is 5.32 Å². The van der Waals surface area contributed by atoms with E-state index in [1.807, 2.05) is 17.5 Å². The van der Waals surface area contributed by atoms with Crippen LogP contribution in [-0.2, 0) is 0 Å². The van der Waals surface area contributed by atoms with Gasteiger partial charge in [0.1, 0.15) is 17.5 Å². The van der Waals surface area contributed by atoms with Crippen molar-refractivity contribution in [2.45, 2.75) is 6.04 Å². The molecular formula is C18H13F3N2OS. The topological polar surface area (TPSA) is 41.1 Å². The van der Waals surface area contributed by atoms with Crippen molar-refractivity contribution in [2.24, 2.45) is 0 Å². The number of anilines is 1. The Morgan fingerprint density at radius 1 is 0.960 bits per heavy atom. The lowest BCUT2D eigenvalue weighted by Gasteiger charge is -2.19. The Kier molecular flexibility index (Phi) is 5.04. The van der Waals surface area contributed by atoms with E-state index < -0.39 is 23.7 Å². The van der Waals surface area contributed by atoms with E-state index in [2.05, 4.69) is 10.6 Å². The van der Waals surface area contributed by atoms with Gasteiger partial charge in [-0.15, -0.1) is 11.3 Å². The normalized spacial score (nSPS) is 11.8. The number of rotatable bonds is 4. The Balaban J connectivity index is 1.80. The van der Waals surface area contributed by atoms with Gasteiger partial charge in [0, 0.05) is 10.9 Å². The van der Waals surface area contributed by atoms with E-state index in [1.54, 1.807) is 12.1 Å². The minimum absolute atomic E-state index is 0.136. The van der Waals surface area contributed by atoms with Gasteiger partial charge in [-0.3, -0.25) is 0 Å². The molecule has 2 amide bonds. The second kappa shape index (κ2) is 7.40. The summed E-state index contributed by atoms with van der Waals surface area (Å²) in [5.41, 5.74) is 0.543. The minimum atomic E-state index is -0.871. The third kappa shape index (κ3) is 4.19. The summed E-state index contributed by atoms with van der Waals surface area (Å²) in [4.78, 5) is 13.1. The van der Waals surface area contributed by atoms with Crippen molar-refractivity contribution in [1.29, 1.82) is 0 Å². The zero-order valence-corrected chi connectivity index (χ0v) is 13.6. The maximum atomic E-state index is 13.7. The van der Waals surface area contributed by atoms with E-state index in [1.165, 1.54) is 23.5 Å². The van der Waals surface area contributed by atoms with Crippen LogP contribution in [0.1, 0.15) is 16.5 Å². The molecule has 25 heavy (non-hydrogen) atoms. The van der Waals surface area contributed by atoms with Gasteiger partial charge in [0.15, 0.2) is 0 Å². The Morgan fingerprint density at radius 3 is 2.32 bits per heavy atom. The maximum absolute atomic E-state index is 13.7. The fourth-order valence-electron chi connectivity index (χ4n) is 2.31. The first kappa shape index (κ1) is 17.0. The fraction of sp³-hybridized carbons (Fsp3) is 0.0556. The van der Waals surface area contributed by atoms with Crippen LogP contribution in [0.4, 0.5) is 23.7 Å². The highest BCUT2D eigenvalue weighted by Gasteiger charge is 2.19. The predicted octanol–water partition coefficient (Wildman–Crippen LogP) is 5.08. The molecule has 0 aliphatic heterocycles. The maximum Gasteiger partial charge on any atom is 0.320 e. The summed E-state index contributed by atoms with van der Waals surface area (Å²) in [5.74, 6) is -1.98. The summed E-state index contributed by atoms with van der Waals surface area (Å²) in [6, 6.07) is 11.1.